The maximum absolute atomic E-state index is 13.0. The number of hydrogen-bond donors (Lipinski definition) is 0. The van der Waals surface area contributed by atoms with Gasteiger partial charge in [-0.2, -0.15) is 4.31 Å². The quantitative estimate of drug-likeness (QED) is 0.774. The van der Waals surface area contributed by atoms with Gasteiger partial charge in [-0.15, -0.1) is 11.3 Å². The molecule has 0 spiro atoms. The molecular formula is C15H18FNO2S2. The van der Waals surface area contributed by atoms with Crippen molar-refractivity contribution in [3.05, 3.63) is 52.5 Å². The molecule has 0 bridgehead atoms. The van der Waals surface area contributed by atoms with Gasteiger partial charge in [-0.25, -0.2) is 12.8 Å². The number of hydrogen-bond acceptors (Lipinski definition) is 3. The van der Waals surface area contributed by atoms with E-state index in [9.17, 15) is 12.8 Å². The minimum absolute atomic E-state index is 0.136. The second-order valence-corrected chi connectivity index (χ2v) is 7.70. The number of thiophene rings is 1. The molecule has 2 rings (SSSR count). The first-order valence-corrected chi connectivity index (χ1v) is 9.14. The van der Waals surface area contributed by atoms with Crippen LogP contribution in [0.2, 0.25) is 0 Å². The molecule has 0 aliphatic rings. The van der Waals surface area contributed by atoms with Crippen LogP contribution >= 0.6 is 11.3 Å². The van der Waals surface area contributed by atoms with Crippen molar-refractivity contribution in [2.45, 2.75) is 31.2 Å². The summed E-state index contributed by atoms with van der Waals surface area (Å²) in [4.78, 5) is 1.13. The van der Waals surface area contributed by atoms with Crippen LogP contribution in [0.15, 0.2) is 46.7 Å². The first kappa shape index (κ1) is 16.1. The van der Waals surface area contributed by atoms with E-state index in [0.29, 0.717) is 13.1 Å². The maximum atomic E-state index is 13.0. The predicted molar refractivity (Wildman–Crippen MR) is 83.2 cm³/mol. The lowest BCUT2D eigenvalue weighted by atomic mass is 10.3. The van der Waals surface area contributed by atoms with Crippen LogP contribution in [0, 0.1) is 5.82 Å². The summed E-state index contributed by atoms with van der Waals surface area (Å²) in [7, 11) is -3.59. The number of unbranched alkanes of at least 4 members (excludes halogenated alkanes) is 1. The van der Waals surface area contributed by atoms with Crippen molar-refractivity contribution in [1.29, 1.82) is 0 Å². The molecule has 0 unspecified atom stereocenters. The highest BCUT2D eigenvalue weighted by molar-refractivity contribution is 7.89. The molecule has 0 saturated heterocycles. The van der Waals surface area contributed by atoms with Crippen LogP contribution in [0.5, 0.6) is 0 Å². The Bertz CT molecular complexity index is 651. The van der Waals surface area contributed by atoms with Crippen LogP contribution in [0.4, 0.5) is 4.39 Å². The fourth-order valence-electron chi connectivity index (χ4n) is 1.95. The van der Waals surface area contributed by atoms with Crippen molar-refractivity contribution in [3.8, 4) is 0 Å². The van der Waals surface area contributed by atoms with Crippen LogP contribution in [-0.2, 0) is 16.6 Å². The topological polar surface area (TPSA) is 37.4 Å². The molecule has 21 heavy (non-hydrogen) atoms. The summed E-state index contributed by atoms with van der Waals surface area (Å²) in [6, 6.07) is 8.81. The fraction of sp³-hybridized carbons (Fsp3) is 0.333. The largest absolute Gasteiger partial charge is 0.243 e. The monoisotopic (exact) mass is 327 g/mol. The molecule has 0 radical (unpaired) electrons. The van der Waals surface area contributed by atoms with Crippen LogP contribution in [0.1, 0.15) is 24.6 Å². The highest BCUT2D eigenvalue weighted by Crippen LogP contribution is 2.21. The lowest BCUT2D eigenvalue weighted by Gasteiger charge is -2.21. The van der Waals surface area contributed by atoms with Gasteiger partial charge in [0.1, 0.15) is 5.82 Å². The van der Waals surface area contributed by atoms with Gasteiger partial charge in [-0.1, -0.05) is 19.4 Å². The summed E-state index contributed by atoms with van der Waals surface area (Å²) >= 11 is 1.53. The Kier molecular flexibility index (Phi) is 5.50. The lowest BCUT2D eigenvalue weighted by molar-refractivity contribution is 0.400. The van der Waals surface area contributed by atoms with Gasteiger partial charge in [0.2, 0.25) is 10.0 Å². The average molecular weight is 327 g/mol. The number of rotatable bonds is 7. The molecule has 6 heteroatoms. The molecule has 0 amide bonds. The minimum Gasteiger partial charge on any atom is -0.207 e. The van der Waals surface area contributed by atoms with Gasteiger partial charge in [-0.05, 0) is 42.1 Å². The molecule has 0 atom stereocenters. The van der Waals surface area contributed by atoms with E-state index in [0.717, 1.165) is 17.7 Å². The van der Waals surface area contributed by atoms with E-state index in [2.05, 4.69) is 0 Å². The second kappa shape index (κ2) is 7.15. The van der Waals surface area contributed by atoms with Crippen molar-refractivity contribution in [2.24, 2.45) is 0 Å². The van der Waals surface area contributed by atoms with Crippen molar-refractivity contribution < 1.29 is 12.8 Å². The van der Waals surface area contributed by atoms with Crippen molar-refractivity contribution in [1.82, 2.24) is 4.31 Å². The van der Waals surface area contributed by atoms with Gasteiger partial charge in [0.15, 0.2) is 0 Å². The molecule has 3 nitrogen and oxygen atoms in total. The summed E-state index contributed by atoms with van der Waals surface area (Å²) < 4.78 is 39.8. The van der Waals surface area contributed by atoms with Gasteiger partial charge in [0.05, 0.1) is 4.90 Å². The molecule has 0 N–H and O–H groups in total. The highest BCUT2D eigenvalue weighted by Gasteiger charge is 2.24. The van der Waals surface area contributed by atoms with E-state index in [1.165, 1.54) is 39.9 Å². The van der Waals surface area contributed by atoms with Gasteiger partial charge in [-0.3, -0.25) is 0 Å². The highest BCUT2D eigenvalue weighted by atomic mass is 32.2. The summed E-state index contributed by atoms with van der Waals surface area (Å²) in [5.74, 6) is -0.438. The number of halogens is 1. The van der Waals surface area contributed by atoms with Gasteiger partial charge in [0.25, 0.3) is 0 Å². The first-order valence-electron chi connectivity index (χ1n) is 6.82. The normalized spacial score (nSPS) is 12.0. The Morgan fingerprint density at radius 1 is 1.19 bits per heavy atom. The SMILES string of the molecule is CCCCN(Cc1cccs1)S(=O)(=O)c1ccc(F)cc1. The van der Waals surface area contributed by atoms with Crippen LogP contribution in [0.25, 0.3) is 0 Å². The predicted octanol–water partition coefficient (Wildman–Crippen LogP) is 3.88. The number of sulfonamides is 1. The zero-order valence-electron chi connectivity index (χ0n) is 11.8. The minimum atomic E-state index is -3.59. The molecular weight excluding hydrogens is 309 g/mol. The third kappa shape index (κ3) is 4.12. The third-order valence-corrected chi connectivity index (χ3v) is 5.85. The Morgan fingerprint density at radius 3 is 2.48 bits per heavy atom. The Morgan fingerprint density at radius 2 is 1.90 bits per heavy atom. The standard InChI is InChI=1S/C15H18FNO2S2/c1-2-3-10-17(12-14-5-4-11-20-14)21(18,19)15-8-6-13(16)7-9-15/h4-9,11H,2-3,10,12H2,1H3. The molecule has 1 aromatic heterocycles. The maximum Gasteiger partial charge on any atom is 0.243 e. The second-order valence-electron chi connectivity index (χ2n) is 4.73. The number of nitrogens with zero attached hydrogens (tertiary/aromatic N) is 1. The zero-order chi connectivity index (χ0) is 15.3. The third-order valence-electron chi connectivity index (χ3n) is 3.12. The molecule has 0 fully saturated rings. The molecule has 114 valence electrons. The molecule has 2 aromatic rings. The Balaban J connectivity index is 2.27. The van der Waals surface area contributed by atoms with E-state index in [1.807, 2.05) is 24.4 Å². The zero-order valence-corrected chi connectivity index (χ0v) is 13.5. The molecule has 0 aliphatic heterocycles. The van der Waals surface area contributed by atoms with E-state index in [4.69, 9.17) is 0 Å². The molecule has 0 aliphatic carbocycles. The van der Waals surface area contributed by atoms with E-state index in [-0.39, 0.29) is 4.90 Å². The summed E-state index contributed by atoms with van der Waals surface area (Å²) in [5, 5.41) is 1.93. The first-order chi connectivity index (χ1) is 10.0. The van der Waals surface area contributed by atoms with Crippen LogP contribution in [0.3, 0.4) is 0 Å². The molecule has 1 heterocycles. The number of benzene rings is 1. The fourth-order valence-corrected chi connectivity index (χ4v) is 4.21. The van der Waals surface area contributed by atoms with Crippen molar-refractivity contribution in [2.75, 3.05) is 6.54 Å². The summed E-state index contributed by atoms with van der Waals surface area (Å²) in [6.45, 7) is 2.85. The van der Waals surface area contributed by atoms with Crippen molar-refractivity contribution >= 4 is 21.4 Å². The van der Waals surface area contributed by atoms with Crippen LogP contribution < -0.4 is 0 Å². The van der Waals surface area contributed by atoms with E-state index in [1.54, 1.807) is 0 Å². The Hall–Kier alpha value is -1.24. The van der Waals surface area contributed by atoms with Gasteiger partial charge >= 0.3 is 0 Å². The van der Waals surface area contributed by atoms with Crippen molar-refractivity contribution in [3.63, 3.8) is 0 Å². The summed E-state index contributed by atoms with van der Waals surface area (Å²) in [6.07, 6.45) is 1.71. The van der Waals surface area contributed by atoms with Gasteiger partial charge < -0.3 is 0 Å². The van der Waals surface area contributed by atoms with Crippen LogP contribution in [-0.4, -0.2) is 19.3 Å². The molecule has 1 aromatic carbocycles. The molecule has 0 saturated carbocycles. The summed E-state index contributed by atoms with van der Waals surface area (Å²) in [5.41, 5.74) is 0. The Labute approximate surface area is 129 Å². The van der Waals surface area contributed by atoms with E-state index < -0.39 is 15.8 Å². The van der Waals surface area contributed by atoms with Gasteiger partial charge in [0, 0.05) is 18.0 Å². The average Bonchev–Trinajstić information content (AvgIpc) is 2.96. The smallest absolute Gasteiger partial charge is 0.207 e. The lowest BCUT2D eigenvalue weighted by Crippen LogP contribution is -2.31. The van der Waals surface area contributed by atoms with E-state index >= 15 is 0 Å².